The first-order valence-corrected chi connectivity index (χ1v) is 12.9. The minimum atomic E-state index is -1.24. The highest BCUT2D eigenvalue weighted by atomic mass is 16.5. The Morgan fingerprint density at radius 3 is 2.15 bits per heavy atom. The van der Waals surface area contributed by atoms with Gasteiger partial charge < -0.3 is 19.3 Å². The number of aromatic carboxylic acids is 1. The number of carbonyl (C=O) groups is 3. The van der Waals surface area contributed by atoms with Crippen LogP contribution in [-0.4, -0.2) is 29.6 Å². The van der Waals surface area contributed by atoms with Crippen molar-refractivity contribution in [3.8, 4) is 17.6 Å². The van der Waals surface area contributed by atoms with E-state index in [4.69, 9.17) is 19.5 Å². The number of esters is 2. The lowest BCUT2D eigenvalue weighted by Crippen LogP contribution is -2.14. The molecular weight excluding hydrogens is 498 g/mol. The zero-order chi connectivity index (χ0) is 28.0. The van der Waals surface area contributed by atoms with E-state index in [9.17, 15) is 19.5 Å². The van der Waals surface area contributed by atoms with Crippen LogP contribution in [0.25, 0.3) is 0 Å². The van der Waals surface area contributed by atoms with E-state index >= 15 is 0 Å². The number of nitriles is 1. The van der Waals surface area contributed by atoms with Crippen LogP contribution in [0, 0.1) is 11.3 Å². The zero-order valence-corrected chi connectivity index (χ0v) is 21.9. The van der Waals surface area contributed by atoms with Crippen LogP contribution in [0.4, 0.5) is 0 Å². The molecule has 0 heterocycles. The lowest BCUT2D eigenvalue weighted by molar-refractivity contribution is 0.0467. The third-order valence-electron chi connectivity index (χ3n) is 5.96. The van der Waals surface area contributed by atoms with Gasteiger partial charge in [0.25, 0.3) is 0 Å². The molecule has 0 amide bonds. The van der Waals surface area contributed by atoms with E-state index in [1.807, 2.05) is 6.07 Å². The van der Waals surface area contributed by atoms with Crippen molar-refractivity contribution < 1.29 is 33.7 Å². The third-order valence-corrected chi connectivity index (χ3v) is 5.96. The molecule has 3 rings (SSSR count). The summed E-state index contributed by atoms with van der Waals surface area (Å²) in [4.78, 5) is 37.1. The van der Waals surface area contributed by atoms with Crippen molar-refractivity contribution in [1.29, 1.82) is 5.26 Å². The highest BCUT2D eigenvalue weighted by molar-refractivity contribution is 5.99. The summed E-state index contributed by atoms with van der Waals surface area (Å²) >= 11 is 0. The number of rotatable bonds is 14. The van der Waals surface area contributed by atoms with Gasteiger partial charge in [-0.25, -0.2) is 14.4 Å². The van der Waals surface area contributed by atoms with Crippen molar-refractivity contribution >= 4 is 17.9 Å². The molecule has 0 aliphatic rings. The van der Waals surface area contributed by atoms with E-state index < -0.39 is 17.9 Å². The molecule has 3 aromatic carbocycles. The third kappa shape index (κ3) is 9.00. The average Bonchev–Trinajstić information content (AvgIpc) is 2.96. The lowest BCUT2D eigenvalue weighted by atomic mass is 10.1. The predicted octanol–water partition coefficient (Wildman–Crippen LogP) is 6.57. The molecule has 0 fully saturated rings. The second kappa shape index (κ2) is 14.9. The molecule has 0 bridgehead atoms. The Kier molecular flexibility index (Phi) is 11.1. The maximum Gasteiger partial charge on any atom is 0.343 e. The molecular formula is C31H31NO7. The number of ether oxygens (including phenoxy) is 3. The van der Waals surface area contributed by atoms with Crippen molar-refractivity contribution in [3.05, 3.63) is 94.5 Å². The number of carboxylic acid groups (broad SMARTS) is 1. The van der Waals surface area contributed by atoms with E-state index in [0.717, 1.165) is 18.9 Å². The number of nitrogens with zero attached hydrogens (tertiary/aromatic N) is 1. The number of hydrogen-bond acceptors (Lipinski definition) is 7. The first kappa shape index (κ1) is 28.9. The van der Waals surface area contributed by atoms with E-state index in [2.05, 4.69) is 6.92 Å². The van der Waals surface area contributed by atoms with Gasteiger partial charge in [-0.15, -0.1) is 0 Å². The molecule has 3 aromatic rings. The minimum absolute atomic E-state index is 0.116. The summed E-state index contributed by atoms with van der Waals surface area (Å²) in [6.45, 7) is 2.67. The Bertz CT molecular complexity index is 1310. The summed E-state index contributed by atoms with van der Waals surface area (Å²) < 4.78 is 16.5. The largest absolute Gasteiger partial charge is 0.494 e. The first-order valence-electron chi connectivity index (χ1n) is 12.9. The Morgan fingerprint density at radius 2 is 1.49 bits per heavy atom. The Balaban J connectivity index is 1.62. The van der Waals surface area contributed by atoms with Crippen LogP contribution in [0.3, 0.4) is 0 Å². The maximum atomic E-state index is 12.8. The number of carboxylic acids is 1. The van der Waals surface area contributed by atoms with Gasteiger partial charge in [0.05, 0.1) is 29.4 Å². The standard InChI is InChI=1S/C31H31NO7/c1-2-3-4-5-6-7-18-37-26-15-12-24(13-16-26)30(35)39-28-17-14-25(29(33)34)19-27(28)31(36)38-21-23-10-8-22(20-32)9-11-23/h8-17,19H,2-7,18,21H2,1H3,(H,33,34). The van der Waals surface area contributed by atoms with Gasteiger partial charge in [0.1, 0.15) is 23.7 Å². The summed E-state index contributed by atoms with van der Waals surface area (Å²) in [6.07, 6.45) is 6.98. The van der Waals surface area contributed by atoms with Gasteiger partial charge in [0, 0.05) is 0 Å². The fourth-order valence-corrected chi connectivity index (χ4v) is 3.73. The van der Waals surface area contributed by atoms with E-state index in [1.54, 1.807) is 48.5 Å². The number of benzene rings is 3. The van der Waals surface area contributed by atoms with Crippen molar-refractivity contribution in [2.24, 2.45) is 0 Å². The molecule has 8 nitrogen and oxygen atoms in total. The summed E-state index contributed by atoms with van der Waals surface area (Å²) in [7, 11) is 0. The topological polar surface area (TPSA) is 123 Å². The van der Waals surface area contributed by atoms with E-state index in [-0.39, 0.29) is 29.0 Å². The highest BCUT2D eigenvalue weighted by Gasteiger charge is 2.20. The van der Waals surface area contributed by atoms with Crippen molar-refractivity contribution in [1.82, 2.24) is 0 Å². The molecule has 0 aromatic heterocycles. The van der Waals surface area contributed by atoms with Crippen molar-refractivity contribution in [2.45, 2.75) is 52.1 Å². The molecule has 0 unspecified atom stereocenters. The van der Waals surface area contributed by atoms with Gasteiger partial charge in [0.15, 0.2) is 0 Å². The molecule has 0 atom stereocenters. The van der Waals surface area contributed by atoms with Gasteiger partial charge in [0.2, 0.25) is 0 Å². The molecule has 202 valence electrons. The molecule has 1 N–H and O–H groups in total. The molecule has 0 saturated heterocycles. The predicted molar refractivity (Wildman–Crippen MR) is 144 cm³/mol. The van der Waals surface area contributed by atoms with Crippen LogP contribution in [-0.2, 0) is 11.3 Å². The maximum absolute atomic E-state index is 12.8. The zero-order valence-electron chi connectivity index (χ0n) is 21.9. The highest BCUT2D eigenvalue weighted by Crippen LogP contribution is 2.24. The van der Waals surface area contributed by atoms with Gasteiger partial charge in [-0.2, -0.15) is 5.26 Å². The molecule has 0 spiro atoms. The SMILES string of the molecule is CCCCCCCCOc1ccc(C(=O)Oc2ccc(C(=O)O)cc2C(=O)OCc2ccc(C#N)cc2)cc1. The molecule has 0 aliphatic carbocycles. The van der Waals surface area contributed by atoms with Crippen molar-refractivity contribution in [2.75, 3.05) is 6.61 Å². The molecule has 8 heteroatoms. The number of hydrogen-bond donors (Lipinski definition) is 1. The second-order valence-electron chi connectivity index (χ2n) is 8.93. The Morgan fingerprint density at radius 1 is 0.821 bits per heavy atom. The van der Waals surface area contributed by atoms with Gasteiger partial charge >= 0.3 is 17.9 Å². The Labute approximate surface area is 227 Å². The van der Waals surface area contributed by atoms with Crippen LogP contribution in [0.5, 0.6) is 11.5 Å². The van der Waals surface area contributed by atoms with Gasteiger partial charge in [-0.05, 0) is 66.6 Å². The van der Waals surface area contributed by atoms with Crippen LogP contribution in [0.1, 0.15) is 87.6 Å². The van der Waals surface area contributed by atoms with E-state index in [0.29, 0.717) is 23.5 Å². The van der Waals surface area contributed by atoms with E-state index in [1.165, 1.54) is 37.8 Å². The summed E-state index contributed by atoms with van der Waals surface area (Å²) in [5, 5.41) is 18.3. The molecule has 0 saturated carbocycles. The van der Waals surface area contributed by atoms with Crippen LogP contribution < -0.4 is 9.47 Å². The Hall–Kier alpha value is -4.64. The lowest BCUT2D eigenvalue weighted by Gasteiger charge is -2.12. The summed E-state index contributed by atoms with van der Waals surface area (Å²) in [6, 6.07) is 18.5. The van der Waals surface area contributed by atoms with Crippen molar-refractivity contribution in [3.63, 3.8) is 0 Å². The molecule has 0 radical (unpaired) electrons. The second-order valence-corrected chi connectivity index (χ2v) is 8.93. The molecule has 39 heavy (non-hydrogen) atoms. The van der Waals surface area contributed by atoms with Gasteiger partial charge in [-0.1, -0.05) is 51.2 Å². The summed E-state index contributed by atoms with van der Waals surface area (Å²) in [5.41, 5.74) is 0.976. The fourth-order valence-electron chi connectivity index (χ4n) is 3.73. The van der Waals surface area contributed by atoms with Crippen LogP contribution in [0.2, 0.25) is 0 Å². The average molecular weight is 530 g/mol. The fraction of sp³-hybridized carbons (Fsp3) is 0.290. The number of carbonyl (C=O) groups excluding carboxylic acids is 2. The number of unbranched alkanes of at least 4 members (excludes halogenated alkanes) is 5. The van der Waals surface area contributed by atoms with Crippen LogP contribution in [0.15, 0.2) is 66.7 Å². The minimum Gasteiger partial charge on any atom is -0.494 e. The first-order chi connectivity index (χ1) is 18.9. The van der Waals surface area contributed by atoms with Gasteiger partial charge in [-0.3, -0.25) is 0 Å². The van der Waals surface area contributed by atoms with Crippen LogP contribution >= 0.6 is 0 Å². The quantitative estimate of drug-likeness (QED) is 0.141. The monoisotopic (exact) mass is 529 g/mol. The smallest absolute Gasteiger partial charge is 0.343 e. The normalized spacial score (nSPS) is 10.4. The molecule has 0 aliphatic heterocycles. The summed E-state index contributed by atoms with van der Waals surface area (Å²) in [5.74, 6) is -2.31.